The normalized spacial score (nSPS) is 29.7. The summed E-state index contributed by atoms with van der Waals surface area (Å²) in [6.45, 7) is 6.63. The van der Waals surface area contributed by atoms with Crippen LogP contribution in [-0.4, -0.2) is 42.8 Å². The van der Waals surface area contributed by atoms with Gasteiger partial charge in [-0.2, -0.15) is 0 Å². The average Bonchev–Trinajstić information content (AvgIpc) is 2.45. The maximum absolute atomic E-state index is 11.7. The number of amides is 1. The topological polar surface area (TPSA) is 41.6 Å². The fraction of sp³-hybridized carbons (Fsp3) is 0.900. The number of carbonyl (C=O) groups excluding carboxylic acids is 1. The molecule has 0 aromatic rings. The van der Waals surface area contributed by atoms with Crippen molar-refractivity contribution in [2.45, 2.75) is 45.5 Å². The lowest BCUT2D eigenvalue weighted by Crippen LogP contribution is -2.41. The monoisotopic (exact) mass is 200 g/mol. The van der Waals surface area contributed by atoms with E-state index in [1.165, 1.54) is 0 Å². The fourth-order valence-electron chi connectivity index (χ4n) is 1.76. The van der Waals surface area contributed by atoms with Crippen molar-refractivity contribution in [3.05, 3.63) is 0 Å². The number of ether oxygens (including phenoxy) is 1. The maximum Gasteiger partial charge on any atom is 0.240 e. The second-order valence-corrected chi connectivity index (χ2v) is 3.85. The van der Waals surface area contributed by atoms with E-state index in [4.69, 9.17) is 4.74 Å². The second kappa shape index (κ2) is 4.75. The van der Waals surface area contributed by atoms with Crippen LogP contribution in [0.15, 0.2) is 0 Å². The average molecular weight is 200 g/mol. The Hall–Kier alpha value is -0.610. The van der Waals surface area contributed by atoms with Crippen molar-refractivity contribution in [2.24, 2.45) is 0 Å². The molecular weight excluding hydrogens is 180 g/mol. The molecule has 1 heterocycles. The number of nitrogens with zero attached hydrogens (tertiary/aromatic N) is 1. The van der Waals surface area contributed by atoms with Crippen molar-refractivity contribution >= 4 is 5.91 Å². The first-order valence-corrected chi connectivity index (χ1v) is 5.19. The Kier molecular flexibility index (Phi) is 3.89. The van der Waals surface area contributed by atoms with Crippen LogP contribution in [0, 0.1) is 0 Å². The van der Waals surface area contributed by atoms with Crippen LogP contribution in [0.4, 0.5) is 0 Å². The molecule has 14 heavy (non-hydrogen) atoms. The predicted octanol–water partition coefficient (Wildman–Crippen LogP) is 0.578. The molecule has 0 bridgehead atoms. The molecular formula is C10H20N2O2. The molecule has 0 aliphatic carbocycles. The molecule has 82 valence electrons. The Morgan fingerprint density at radius 3 is 2.79 bits per heavy atom. The third kappa shape index (κ3) is 2.25. The zero-order chi connectivity index (χ0) is 10.7. The summed E-state index contributed by atoms with van der Waals surface area (Å²) >= 11 is 0. The van der Waals surface area contributed by atoms with Crippen molar-refractivity contribution in [3.63, 3.8) is 0 Å². The van der Waals surface area contributed by atoms with E-state index in [-0.39, 0.29) is 24.2 Å². The summed E-state index contributed by atoms with van der Waals surface area (Å²) in [4.78, 5) is 13.6. The highest BCUT2D eigenvalue weighted by atomic mass is 16.5. The van der Waals surface area contributed by atoms with E-state index < -0.39 is 0 Å². The zero-order valence-corrected chi connectivity index (χ0v) is 9.41. The van der Waals surface area contributed by atoms with E-state index in [1.807, 2.05) is 18.7 Å². The van der Waals surface area contributed by atoms with Gasteiger partial charge in [0.1, 0.15) is 0 Å². The first-order chi connectivity index (χ1) is 6.60. The molecule has 3 atom stereocenters. The van der Waals surface area contributed by atoms with E-state index >= 15 is 0 Å². The number of nitrogens with one attached hydrogen (secondary N) is 1. The van der Waals surface area contributed by atoms with Crippen molar-refractivity contribution < 1.29 is 9.53 Å². The first-order valence-electron chi connectivity index (χ1n) is 5.19. The van der Waals surface area contributed by atoms with Crippen LogP contribution in [0.25, 0.3) is 0 Å². The van der Waals surface area contributed by atoms with Crippen LogP contribution in [0.3, 0.4) is 0 Å². The van der Waals surface area contributed by atoms with Crippen LogP contribution in [0.5, 0.6) is 0 Å². The molecule has 0 radical (unpaired) electrons. The molecule has 1 saturated heterocycles. The lowest BCUT2D eigenvalue weighted by Gasteiger charge is -2.25. The number of hydrogen-bond donors (Lipinski definition) is 1. The molecule has 4 nitrogen and oxygen atoms in total. The summed E-state index contributed by atoms with van der Waals surface area (Å²) < 4.78 is 5.17. The van der Waals surface area contributed by atoms with E-state index in [0.717, 1.165) is 6.42 Å². The van der Waals surface area contributed by atoms with E-state index in [2.05, 4.69) is 12.2 Å². The van der Waals surface area contributed by atoms with Gasteiger partial charge in [0.05, 0.1) is 18.3 Å². The van der Waals surface area contributed by atoms with Gasteiger partial charge in [0.25, 0.3) is 0 Å². The van der Waals surface area contributed by atoms with Gasteiger partial charge in [-0.15, -0.1) is 0 Å². The third-order valence-corrected chi connectivity index (χ3v) is 2.71. The van der Waals surface area contributed by atoms with Crippen molar-refractivity contribution in [3.8, 4) is 0 Å². The van der Waals surface area contributed by atoms with Gasteiger partial charge in [-0.1, -0.05) is 6.92 Å². The van der Waals surface area contributed by atoms with Gasteiger partial charge in [-0.3, -0.25) is 10.1 Å². The lowest BCUT2D eigenvalue weighted by molar-refractivity contribution is -0.131. The van der Waals surface area contributed by atoms with Crippen LogP contribution in [0.1, 0.15) is 27.2 Å². The lowest BCUT2D eigenvalue weighted by atomic mass is 10.3. The van der Waals surface area contributed by atoms with Crippen molar-refractivity contribution in [2.75, 3.05) is 13.7 Å². The van der Waals surface area contributed by atoms with Gasteiger partial charge in [-0.25, -0.2) is 0 Å². The molecule has 0 aromatic carbocycles. The predicted molar refractivity (Wildman–Crippen MR) is 54.9 cm³/mol. The Morgan fingerprint density at radius 1 is 1.64 bits per heavy atom. The molecule has 3 unspecified atom stereocenters. The van der Waals surface area contributed by atoms with Crippen molar-refractivity contribution in [1.82, 2.24) is 10.2 Å². The summed E-state index contributed by atoms with van der Waals surface area (Å²) in [6.07, 6.45) is 1.21. The van der Waals surface area contributed by atoms with Gasteiger partial charge in [-0.05, 0) is 20.3 Å². The smallest absolute Gasteiger partial charge is 0.240 e. The van der Waals surface area contributed by atoms with E-state index in [9.17, 15) is 4.79 Å². The highest BCUT2D eigenvalue weighted by Crippen LogP contribution is 2.14. The largest absolute Gasteiger partial charge is 0.380 e. The van der Waals surface area contributed by atoms with Gasteiger partial charge < -0.3 is 9.64 Å². The van der Waals surface area contributed by atoms with Crippen LogP contribution in [0.2, 0.25) is 0 Å². The summed E-state index contributed by atoms with van der Waals surface area (Å²) in [5.74, 6) is 0.181. The highest BCUT2D eigenvalue weighted by molar-refractivity contribution is 5.83. The number of methoxy groups -OCH3 is 1. The molecule has 1 aliphatic heterocycles. The van der Waals surface area contributed by atoms with Crippen molar-refractivity contribution in [1.29, 1.82) is 0 Å². The molecule has 1 N–H and O–H groups in total. The summed E-state index contributed by atoms with van der Waals surface area (Å²) in [5, 5.41) is 3.25. The number of carbonyl (C=O) groups is 1. The molecule has 1 aliphatic rings. The minimum atomic E-state index is -0.0518. The number of rotatable bonds is 4. The second-order valence-electron chi connectivity index (χ2n) is 3.85. The zero-order valence-electron chi connectivity index (χ0n) is 9.41. The Bertz CT molecular complexity index is 208. The van der Waals surface area contributed by atoms with Gasteiger partial charge in [0.2, 0.25) is 5.91 Å². The Balaban J connectivity index is 2.59. The summed E-state index contributed by atoms with van der Waals surface area (Å²) in [6, 6.07) is -0.0518. The SMILES string of the molecule is CCC1NC(C)C(=O)N1CC(C)OC. The van der Waals surface area contributed by atoms with E-state index in [0.29, 0.717) is 6.54 Å². The molecule has 0 spiro atoms. The van der Waals surface area contributed by atoms with E-state index in [1.54, 1.807) is 7.11 Å². The number of hydrogen-bond acceptors (Lipinski definition) is 3. The summed E-state index contributed by atoms with van der Waals surface area (Å²) in [5.41, 5.74) is 0. The standard InChI is InChI=1S/C10H20N2O2/c1-5-9-11-8(3)10(13)12(9)6-7(2)14-4/h7-9,11H,5-6H2,1-4H3. The van der Waals surface area contributed by atoms with Gasteiger partial charge in [0.15, 0.2) is 0 Å². The van der Waals surface area contributed by atoms with Gasteiger partial charge in [0, 0.05) is 13.7 Å². The van der Waals surface area contributed by atoms with Gasteiger partial charge >= 0.3 is 0 Å². The first kappa shape index (κ1) is 11.5. The molecule has 1 fully saturated rings. The molecule has 0 aromatic heterocycles. The van der Waals surface area contributed by atoms with Crippen LogP contribution >= 0.6 is 0 Å². The molecule has 4 heteroatoms. The Morgan fingerprint density at radius 2 is 2.29 bits per heavy atom. The minimum Gasteiger partial charge on any atom is -0.380 e. The Labute approximate surface area is 85.6 Å². The fourth-order valence-corrected chi connectivity index (χ4v) is 1.76. The minimum absolute atomic E-state index is 0.0518. The quantitative estimate of drug-likeness (QED) is 0.721. The molecule has 1 rings (SSSR count). The highest BCUT2D eigenvalue weighted by Gasteiger charge is 2.35. The maximum atomic E-state index is 11.7. The summed E-state index contributed by atoms with van der Waals surface area (Å²) in [7, 11) is 1.67. The third-order valence-electron chi connectivity index (χ3n) is 2.71. The van der Waals surface area contributed by atoms with Crippen LogP contribution < -0.4 is 5.32 Å². The molecule has 1 amide bonds. The van der Waals surface area contributed by atoms with Crippen LogP contribution in [-0.2, 0) is 9.53 Å². The molecule has 0 saturated carbocycles.